The zero-order valence-corrected chi connectivity index (χ0v) is 12.6. The summed E-state index contributed by atoms with van der Waals surface area (Å²) in [6.45, 7) is 0.169. The Bertz CT molecular complexity index is 419. The molecule has 1 aromatic rings. The van der Waals surface area contributed by atoms with Gasteiger partial charge >= 0.3 is 0 Å². The Morgan fingerprint density at radius 3 is 2.61 bits per heavy atom. The minimum absolute atomic E-state index is 0.169. The maximum absolute atomic E-state index is 9.64. The van der Waals surface area contributed by atoms with E-state index in [1.54, 1.807) is 11.8 Å². The first kappa shape index (κ1) is 14.5. The van der Waals surface area contributed by atoms with E-state index in [-0.39, 0.29) is 12.1 Å². The molecular weight excluding hydrogens is 289 g/mol. The number of likely N-dealkylation sites (N-methyl/N-ethyl adjacent to an activating group) is 1. The van der Waals surface area contributed by atoms with E-state index in [1.807, 2.05) is 25.2 Å². The zero-order chi connectivity index (χ0) is 13.2. The summed E-state index contributed by atoms with van der Waals surface area (Å²) < 4.78 is 0. The summed E-state index contributed by atoms with van der Waals surface area (Å²) in [5.74, 6) is 1.42. The molecule has 1 unspecified atom stereocenters. The normalized spacial score (nSPS) is 18.7. The molecule has 1 aromatic carbocycles. The Morgan fingerprint density at radius 2 is 2.11 bits per heavy atom. The molecule has 0 saturated heterocycles. The number of hydrogen-bond donors (Lipinski definition) is 2. The topological polar surface area (TPSA) is 32.3 Å². The van der Waals surface area contributed by atoms with Crippen LogP contribution in [-0.4, -0.2) is 30.1 Å². The minimum Gasteiger partial charge on any atom is -0.394 e. The largest absolute Gasteiger partial charge is 0.394 e. The molecule has 1 aliphatic rings. The average molecular weight is 306 g/mol. The van der Waals surface area contributed by atoms with E-state index in [1.165, 1.54) is 12.8 Å². The second-order valence-electron chi connectivity index (χ2n) is 4.70. The smallest absolute Gasteiger partial charge is 0.0624 e. The van der Waals surface area contributed by atoms with Gasteiger partial charge in [-0.2, -0.15) is 0 Å². The maximum atomic E-state index is 9.64. The van der Waals surface area contributed by atoms with Crippen LogP contribution >= 0.6 is 35.0 Å². The summed E-state index contributed by atoms with van der Waals surface area (Å²) in [4.78, 5) is 1.08. The Labute approximate surface area is 122 Å². The van der Waals surface area contributed by atoms with E-state index >= 15 is 0 Å². The second-order valence-corrected chi connectivity index (χ2v) is 6.57. The van der Waals surface area contributed by atoms with Crippen molar-refractivity contribution >= 4 is 35.0 Å². The van der Waals surface area contributed by atoms with Gasteiger partial charge in [-0.1, -0.05) is 23.2 Å². The molecule has 0 spiro atoms. The molecule has 1 fully saturated rings. The lowest BCUT2D eigenvalue weighted by Crippen LogP contribution is -2.51. The van der Waals surface area contributed by atoms with Crippen LogP contribution in [0.4, 0.5) is 0 Å². The lowest BCUT2D eigenvalue weighted by Gasteiger charge is -2.31. The van der Waals surface area contributed by atoms with Gasteiger partial charge < -0.3 is 10.4 Å². The first-order chi connectivity index (χ1) is 8.61. The van der Waals surface area contributed by atoms with E-state index < -0.39 is 0 Å². The van der Waals surface area contributed by atoms with Crippen molar-refractivity contribution in [2.75, 3.05) is 19.4 Å². The van der Waals surface area contributed by atoms with Gasteiger partial charge in [-0.25, -0.2) is 0 Å². The molecule has 1 atom stereocenters. The molecule has 18 heavy (non-hydrogen) atoms. The third kappa shape index (κ3) is 3.14. The molecule has 1 aliphatic carbocycles. The van der Waals surface area contributed by atoms with Crippen molar-refractivity contribution in [3.05, 3.63) is 28.2 Å². The molecule has 0 heterocycles. The first-order valence-corrected chi connectivity index (χ1v) is 7.73. The highest BCUT2D eigenvalue weighted by molar-refractivity contribution is 7.99. The number of aliphatic hydroxyl groups is 1. The number of thioether (sulfide) groups is 1. The van der Waals surface area contributed by atoms with E-state index in [9.17, 15) is 5.11 Å². The number of nitrogens with one attached hydrogen (secondary N) is 1. The van der Waals surface area contributed by atoms with Crippen LogP contribution in [-0.2, 0) is 0 Å². The van der Waals surface area contributed by atoms with Crippen molar-refractivity contribution in [3.8, 4) is 0 Å². The zero-order valence-electron chi connectivity index (χ0n) is 10.2. The van der Waals surface area contributed by atoms with Gasteiger partial charge in [0.25, 0.3) is 0 Å². The maximum Gasteiger partial charge on any atom is 0.0624 e. The van der Waals surface area contributed by atoms with Crippen LogP contribution in [0.1, 0.15) is 12.8 Å². The van der Waals surface area contributed by atoms with Gasteiger partial charge in [0.1, 0.15) is 0 Å². The molecule has 1 saturated carbocycles. The third-order valence-corrected chi connectivity index (χ3v) is 5.51. The van der Waals surface area contributed by atoms with Crippen molar-refractivity contribution < 1.29 is 5.11 Å². The van der Waals surface area contributed by atoms with Crippen LogP contribution < -0.4 is 5.32 Å². The Morgan fingerprint density at radius 1 is 1.39 bits per heavy atom. The lowest BCUT2D eigenvalue weighted by molar-refractivity contribution is 0.167. The molecule has 2 rings (SSSR count). The van der Waals surface area contributed by atoms with Gasteiger partial charge in [-0.3, -0.25) is 0 Å². The summed E-state index contributed by atoms with van der Waals surface area (Å²) in [7, 11) is 1.92. The molecular formula is C13H17Cl2NOS. The summed E-state index contributed by atoms with van der Waals surface area (Å²) in [5.41, 5.74) is -0.170. The quantitative estimate of drug-likeness (QED) is 0.790. The standard InChI is InChI=1S/C13H17Cl2NOS/c1-16-13(7-17,9-2-3-9)8-18-10-4-5-11(14)12(15)6-10/h4-6,9,16-17H,2-3,7-8H2,1H3. The molecule has 0 aromatic heterocycles. The SMILES string of the molecule is CNC(CO)(CSc1ccc(Cl)c(Cl)c1)C1CC1. The van der Waals surface area contributed by atoms with Crippen molar-refractivity contribution in [1.29, 1.82) is 0 Å². The summed E-state index contributed by atoms with van der Waals surface area (Å²) in [6, 6.07) is 5.65. The molecule has 100 valence electrons. The van der Waals surface area contributed by atoms with E-state index in [2.05, 4.69) is 5.32 Å². The lowest BCUT2D eigenvalue weighted by atomic mass is 9.97. The molecule has 0 amide bonds. The van der Waals surface area contributed by atoms with Crippen LogP contribution in [0.25, 0.3) is 0 Å². The number of halogens is 2. The van der Waals surface area contributed by atoms with Crippen LogP contribution in [0.15, 0.2) is 23.1 Å². The molecule has 2 N–H and O–H groups in total. The summed E-state index contributed by atoms with van der Waals surface area (Å²) >= 11 is 13.6. The van der Waals surface area contributed by atoms with E-state index in [0.29, 0.717) is 16.0 Å². The van der Waals surface area contributed by atoms with Gasteiger partial charge in [0, 0.05) is 10.6 Å². The highest BCUT2D eigenvalue weighted by Gasteiger charge is 2.43. The highest BCUT2D eigenvalue weighted by atomic mass is 35.5. The molecule has 0 radical (unpaired) electrons. The van der Waals surface area contributed by atoms with Crippen LogP contribution in [0.5, 0.6) is 0 Å². The monoisotopic (exact) mass is 305 g/mol. The predicted octanol–water partition coefficient (Wildman–Crippen LogP) is 3.45. The third-order valence-electron chi connectivity index (χ3n) is 3.53. The molecule has 5 heteroatoms. The van der Waals surface area contributed by atoms with Crippen LogP contribution in [0, 0.1) is 5.92 Å². The number of rotatable bonds is 6. The van der Waals surface area contributed by atoms with Gasteiger partial charge in [0.05, 0.1) is 22.2 Å². The molecule has 0 aliphatic heterocycles. The second kappa shape index (κ2) is 6.02. The van der Waals surface area contributed by atoms with Gasteiger partial charge in [-0.05, 0) is 44.0 Å². The van der Waals surface area contributed by atoms with E-state index in [0.717, 1.165) is 10.6 Å². The van der Waals surface area contributed by atoms with Crippen LogP contribution in [0.2, 0.25) is 10.0 Å². The van der Waals surface area contributed by atoms with Gasteiger partial charge in [-0.15, -0.1) is 11.8 Å². The highest BCUT2D eigenvalue weighted by Crippen LogP contribution is 2.42. The Balaban J connectivity index is 2.02. The first-order valence-electron chi connectivity index (χ1n) is 5.99. The molecule has 0 bridgehead atoms. The number of hydrogen-bond acceptors (Lipinski definition) is 3. The van der Waals surface area contributed by atoms with Gasteiger partial charge in [0.15, 0.2) is 0 Å². The molecule has 2 nitrogen and oxygen atoms in total. The van der Waals surface area contributed by atoms with E-state index in [4.69, 9.17) is 23.2 Å². The fourth-order valence-electron chi connectivity index (χ4n) is 2.06. The summed E-state index contributed by atoms with van der Waals surface area (Å²) in [5, 5.41) is 14.1. The minimum atomic E-state index is -0.170. The van der Waals surface area contributed by atoms with Gasteiger partial charge in [0.2, 0.25) is 0 Å². The van der Waals surface area contributed by atoms with Crippen molar-refractivity contribution in [2.24, 2.45) is 5.92 Å². The Hall–Kier alpha value is 0.0700. The van der Waals surface area contributed by atoms with Crippen molar-refractivity contribution in [2.45, 2.75) is 23.3 Å². The fraction of sp³-hybridized carbons (Fsp3) is 0.538. The van der Waals surface area contributed by atoms with Crippen LogP contribution in [0.3, 0.4) is 0 Å². The van der Waals surface area contributed by atoms with Crippen molar-refractivity contribution in [1.82, 2.24) is 5.32 Å². The summed E-state index contributed by atoms with van der Waals surface area (Å²) in [6.07, 6.45) is 2.40. The Kier molecular flexibility index (Phi) is 4.84. The predicted molar refractivity (Wildman–Crippen MR) is 78.8 cm³/mol. The number of aliphatic hydroxyl groups excluding tert-OH is 1. The van der Waals surface area contributed by atoms with Crippen molar-refractivity contribution in [3.63, 3.8) is 0 Å². The number of benzene rings is 1. The average Bonchev–Trinajstić information content (AvgIpc) is 3.20. The fourth-order valence-corrected chi connectivity index (χ4v) is 3.69.